The van der Waals surface area contributed by atoms with Crippen molar-refractivity contribution in [3.05, 3.63) is 29.8 Å². The van der Waals surface area contributed by atoms with Gasteiger partial charge in [0.2, 0.25) is 5.91 Å². The highest BCUT2D eigenvalue weighted by Crippen LogP contribution is 2.31. The van der Waals surface area contributed by atoms with Crippen LogP contribution >= 0.6 is 0 Å². The molecular formula is C13H18N2O. The molecule has 0 bridgehead atoms. The summed E-state index contributed by atoms with van der Waals surface area (Å²) < 4.78 is 0. The van der Waals surface area contributed by atoms with Gasteiger partial charge in [-0.15, -0.1) is 0 Å². The van der Waals surface area contributed by atoms with Crippen molar-refractivity contribution in [2.45, 2.75) is 20.3 Å². The minimum Gasteiger partial charge on any atom is -0.330 e. The largest absolute Gasteiger partial charge is 0.330 e. The van der Waals surface area contributed by atoms with Gasteiger partial charge in [0.1, 0.15) is 0 Å². The molecule has 1 amide bonds. The lowest BCUT2D eigenvalue weighted by Crippen LogP contribution is -2.40. The molecule has 0 atom stereocenters. The third-order valence-corrected chi connectivity index (χ3v) is 3.06. The Kier molecular flexibility index (Phi) is 2.72. The topological polar surface area (TPSA) is 46.3 Å². The maximum absolute atomic E-state index is 11.9. The van der Waals surface area contributed by atoms with Gasteiger partial charge in [0.05, 0.1) is 6.42 Å². The Balaban J connectivity index is 2.26. The van der Waals surface area contributed by atoms with Crippen LogP contribution in [0.1, 0.15) is 19.4 Å². The number of hydrogen-bond donors (Lipinski definition) is 1. The van der Waals surface area contributed by atoms with E-state index in [1.807, 2.05) is 29.2 Å². The second kappa shape index (κ2) is 3.91. The normalized spacial score (nSPS) is 15.4. The maximum atomic E-state index is 11.9. The predicted molar refractivity (Wildman–Crippen MR) is 65.3 cm³/mol. The number of para-hydroxylation sites is 1. The maximum Gasteiger partial charge on any atom is 0.231 e. The molecule has 2 rings (SSSR count). The van der Waals surface area contributed by atoms with E-state index in [0.717, 1.165) is 11.3 Å². The summed E-state index contributed by atoms with van der Waals surface area (Å²) in [5.74, 6) is 0.183. The summed E-state index contributed by atoms with van der Waals surface area (Å²) in [6, 6.07) is 7.97. The van der Waals surface area contributed by atoms with Crippen LogP contribution in [0.25, 0.3) is 0 Å². The molecule has 0 unspecified atom stereocenters. The average molecular weight is 218 g/mol. The molecule has 0 fully saturated rings. The lowest BCUT2D eigenvalue weighted by atomic mass is 9.93. The van der Waals surface area contributed by atoms with E-state index in [2.05, 4.69) is 13.8 Å². The fourth-order valence-electron chi connectivity index (χ4n) is 1.98. The molecule has 0 saturated carbocycles. The van der Waals surface area contributed by atoms with Crippen LogP contribution in [0.3, 0.4) is 0 Å². The van der Waals surface area contributed by atoms with Crippen molar-refractivity contribution in [1.29, 1.82) is 0 Å². The summed E-state index contributed by atoms with van der Waals surface area (Å²) in [5.41, 5.74) is 7.85. The monoisotopic (exact) mass is 218 g/mol. The Morgan fingerprint density at radius 2 is 2.06 bits per heavy atom. The Labute approximate surface area is 96.2 Å². The highest BCUT2D eigenvalue weighted by molar-refractivity contribution is 6.01. The van der Waals surface area contributed by atoms with Crippen molar-refractivity contribution in [2.24, 2.45) is 11.1 Å². The van der Waals surface area contributed by atoms with Gasteiger partial charge >= 0.3 is 0 Å². The van der Waals surface area contributed by atoms with E-state index in [9.17, 15) is 4.79 Å². The first-order valence-electron chi connectivity index (χ1n) is 5.62. The molecule has 3 nitrogen and oxygen atoms in total. The summed E-state index contributed by atoms with van der Waals surface area (Å²) in [4.78, 5) is 13.8. The number of anilines is 1. The van der Waals surface area contributed by atoms with E-state index in [1.165, 1.54) is 0 Å². The highest BCUT2D eigenvalue weighted by Gasteiger charge is 2.31. The quantitative estimate of drug-likeness (QED) is 0.837. The number of carbonyl (C=O) groups is 1. The third kappa shape index (κ3) is 1.95. The fraction of sp³-hybridized carbons (Fsp3) is 0.462. The van der Waals surface area contributed by atoms with Gasteiger partial charge in [-0.3, -0.25) is 4.79 Å². The molecule has 3 heteroatoms. The zero-order valence-electron chi connectivity index (χ0n) is 9.86. The number of benzene rings is 1. The lowest BCUT2D eigenvalue weighted by Gasteiger charge is -2.29. The molecule has 16 heavy (non-hydrogen) atoms. The Bertz CT molecular complexity index is 412. The summed E-state index contributed by atoms with van der Waals surface area (Å²) in [5, 5.41) is 0. The van der Waals surface area contributed by atoms with Gasteiger partial charge in [-0.1, -0.05) is 32.0 Å². The van der Waals surface area contributed by atoms with Crippen LogP contribution in [0, 0.1) is 5.41 Å². The molecule has 0 aromatic heterocycles. The van der Waals surface area contributed by atoms with Crippen LogP contribution in [-0.4, -0.2) is 19.0 Å². The average Bonchev–Trinajstić information content (AvgIpc) is 2.56. The summed E-state index contributed by atoms with van der Waals surface area (Å²) in [6.45, 7) is 5.45. The fourth-order valence-corrected chi connectivity index (χ4v) is 1.98. The molecule has 0 spiro atoms. The zero-order valence-corrected chi connectivity index (χ0v) is 9.86. The molecule has 86 valence electrons. The number of hydrogen-bond acceptors (Lipinski definition) is 2. The SMILES string of the molecule is CC(C)(CN)CN1C(=O)Cc2ccccc21. The van der Waals surface area contributed by atoms with Crippen molar-refractivity contribution >= 4 is 11.6 Å². The van der Waals surface area contributed by atoms with Crippen molar-refractivity contribution in [2.75, 3.05) is 18.0 Å². The van der Waals surface area contributed by atoms with Gasteiger partial charge in [0.25, 0.3) is 0 Å². The highest BCUT2D eigenvalue weighted by atomic mass is 16.2. The third-order valence-electron chi connectivity index (χ3n) is 3.06. The van der Waals surface area contributed by atoms with E-state index in [0.29, 0.717) is 19.5 Å². The zero-order chi connectivity index (χ0) is 11.8. The molecule has 2 N–H and O–H groups in total. The van der Waals surface area contributed by atoms with Crippen LogP contribution < -0.4 is 10.6 Å². The van der Waals surface area contributed by atoms with Crippen molar-refractivity contribution < 1.29 is 4.79 Å². The van der Waals surface area contributed by atoms with E-state index in [4.69, 9.17) is 5.73 Å². The van der Waals surface area contributed by atoms with Crippen LogP contribution in [0.15, 0.2) is 24.3 Å². The van der Waals surface area contributed by atoms with Crippen LogP contribution in [0.4, 0.5) is 5.69 Å². The lowest BCUT2D eigenvalue weighted by molar-refractivity contribution is -0.117. The summed E-state index contributed by atoms with van der Waals surface area (Å²) in [6.07, 6.45) is 0.525. The number of nitrogens with two attached hydrogens (primary N) is 1. The molecule has 1 aliphatic rings. The molecule has 1 aromatic carbocycles. The van der Waals surface area contributed by atoms with Gasteiger partial charge in [-0.2, -0.15) is 0 Å². The minimum atomic E-state index is -0.0346. The molecule has 0 saturated heterocycles. The molecule has 0 aliphatic carbocycles. The van der Waals surface area contributed by atoms with E-state index < -0.39 is 0 Å². The smallest absolute Gasteiger partial charge is 0.231 e. The molecule has 0 radical (unpaired) electrons. The molecular weight excluding hydrogens is 200 g/mol. The first kappa shape index (κ1) is 11.1. The summed E-state index contributed by atoms with van der Waals surface area (Å²) in [7, 11) is 0. The predicted octanol–water partition coefficient (Wildman–Crippen LogP) is 1.56. The summed E-state index contributed by atoms with van der Waals surface area (Å²) >= 11 is 0. The minimum absolute atomic E-state index is 0.0346. The van der Waals surface area contributed by atoms with Crippen molar-refractivity contribution in [3.8, 4) is 0 Å². The number of carbonyl (C=O) groups excluding carboxylic acids is 1. The first-order chi connectivity index (χ1) is 7.53. The Morgan fingerprint density at radius 3 is 2.75 bits per heavy atom. The van der Waals surface area contributed by atoms with Gasteiger partial charge in [-0.05, 0) is 23.6 Å². The Hall–Kier alpha value is -1.35. The van der Waals surface area contributed by atoms with Crippen molar-refractivity contribution in [3.63, 3.8) is 0 Å². The van der Waals surface area contributed by atoms with Gasteiger partial charge in [0.15, 0.2) is 0 Å². The van der Waals surface area contributed by atoms with Gasteiger partial charge < -0.3 is 10.6 Å². The number of rotatable bonds is 3. The van der Waals surface area contributed by atoms with Crippen LogP contribution in [0.5, 0.6) is 0 Å². The number of fused-ring (bicyclic) bond motifs is 1. The van der Waals surface area contributed by atoms with Crippen LogP contribution in [-0.2, 0) is 11.2 Å². The molecule has 1 aromatic rings. The second-order valence-corrected chi connectivity index (χ2v) is 5.15. The van der Waals surface area contributed by atoms with Crippen LogP contribution in [0.2, 0.25) is 0 Å². The van der Waals surface area contributed by atoms with E-state index >= 15 is 0 Å². The molecule has 1 aliphatic heterocycles. The first-order valence-corrected chi connectivity index (χ1v) is 5.62. The molecule has 1 heterocycles. The Morgan fingerprint density at radius 1 is 1.38 bits per heavy atom. The van der Waals surface area contributed by atoms with E-state index in [-0.39, 0.29) is 11.3 Å². The standard InChI is InChI=1S/C13H18N2O/c1-13(2,8-14)9-15-11-6-4-3-5-10(11)7-12(15)16/h3-6H,7-9,14H2,1-2H3. The van der Waals surface area contributed by atoms with Gasteiger partial charge in [-0.25, -0.2) is 0 Å². The number of amides is 1. The van der Waals surface area contributed by atoms with Crippen molar-refractivity contribution in [1.82, 2.24) is 0 Å². The number of nitrogens with zero attached hydrogens (tertiary/aromatic N) is 1. The van der Waals surface area contributed by atoms with E-state index in [1.54, 1.807) is 0 Å². The van der Waals surface area contributed by atoms with Gasteiger partial charge in [0, 0.05) is 12.2 Å². The second-order valence-electron chi connectivity index (χ2n) is 5.15.